The maximum absolute atomic E-state index is 13.5. The van der Waals surface area contributed by atoms with E-state index in [1.807, 2.05) is 0 Å². The van der Waals surface area contributed by atoms with Crippen molar-refractivity contribution in [2.75, 3.05) is 5.73 Å². The molecule has 1 heterocycles. The highest BCUT2D eigenvalue weighted by atomic mass is 19.1. The van der Waals surface area contributed by atoms with E-state index in [0.29, 0.717) is 0 Å². The predicted octanol–water partition coefficient (Wildman–Crippen LogP) is 0.897. The number of hydrogen-bond acceptors (Lipinski definition) is 5. The summed E-state index contributed by atoms with van der Waals surface area (Å²) < 4.78 is 14.6. The van der Waals surface area contributed by atoms with Gasteiger partial charge in [0.1, 0.15) is 5.69 Å². The van der Waals surface area contributed by atoms with Crippen molar-refractivity contribution in [2.45, 2.75) is 0 Å². The van der Waals surface area contributed by atoms with Crippen molar-refractivity contribution in [1.82, 2.24) is 15.0 Å². The van der Waals surface area contributed by atoms with Gasteiger partial charge in [0.15, 0.2) is 11.6 Å². The van der Waals surface area contributed by atoms with Crippen LogP contribution in [0.5, 0.6) is 0 Å². The second kappa shape index (κ2) is 3.57. The molecule has 0 fully saturated rings. The second-order valence-corrected chi connectivity index (χ2v) is 2.98. The van der Waals surface area contributed by atoms with Crippen LogP contribution in [0.1, 0.15) is 0 Å². The average Bonchev–Trinajstić information content (AvgIpc) is 2.64. The summed E-state index contributed by atoms with van der Waals surface area (Å²) in [4.78, 5) is 9.71. The molecule has 82 valence electrons. The Labute approximate surface area is 88.4 Å². The third kappa shape index (κ3) is 1.67. The number of halogens is 1. The van der Waals surface area contributed by atoms with Crippen molar-refractivity contribution in [3.63, 3.8) is 0 Å². The minimum atomic E-state index is -0.765. The highest BCUT2D eigenvalue weighted by Crippen LogP contribution is 2.19. The molecule has 2 aromatic rings. The fourth-order valence-electron chi connectivity index (χ4n) is 1.19. The summed E-state index contributed by atoms with van der Waals surface area (Å²) >= 11 is 0. The van der Waals surface area contributed by atoms with Gasteiger partial charge in [-0.15, -0.1) is 5.10 Å². The Kier molecular flexibility index (Phi) is 2.24. The average molecular weight is 223 g/mol. The minimum Gasteiger partial charge on any atom is -0.381 e. The van der Waals surface area contributed by atoms with E-state index in [4.69, 9.17) is 5.73 Å². The van der Waals surface area contributed by atoms with Gasteiger partial charge >= 0.3 is 0 Å². The number of aromatic nitrogens is 3. The molecule has 0 amide bonds. The van der Waals surface area contributed by atoms with Crippen LogP contribution in [-0.4, -0.2) is 19.9 Å². The Morgan fingerprint density at radius 2 is 2.25 bits per heavy atom. The Hall–Kier alpha value is -2.51. The zero-order valence-corrected chi connectivity index (χ0v) is 7.87. The van der Waals surface area contributed by atoms with Crippen molar-refractivity contribution in [1.29, 1.82) is 0 Å². The Morgan fingerprint density at radius 1 is 1.50 bits per heavy atom. The predicted molar refractivity (Wildman–Crippen MR) is 52.4 cm³/mol. The normalized spacial score (nSPS) is 10.3. The molecule has 7 nitrogen and oxygen atoms in total. The number of benzene rings is 1. The van der Waals surface area contributed by atoms with Crippen molar-refractivity contribution < 1.29 is 9.31 Å². The van der Waals surface area contributed by atoms with Crippen LogP contribution in [0.25, 0.3) is 5.69 Å². The van der Waals surface area contributed by atoms with E-state index in [2.05, 4.69) is 10.3 Å². The summed E-state index contributed by atoms with van der Waals surface area (Å²) in [6.45, 7) is 0. The van der Waals surface area contributed by atoms with Crippen LogP contribution >= 0.6 is 0 Å². The molecule has 2 rings (SSSR count). The minimum absolute atomic E-state index is 0.0507. The van der Waals surface area contributed by atoms with Crippen LogP contribution in [0, 0.1) is 15.9 Å². The van der Waals surface area contributed by atoms with Gasteiger partial charge in [-0.05, 0) is 6.07 Å². The van der Waals surface area contributed by atoms with Crippen LogP contribution in [0.15, 0.2) is 24.4 Å². The van der Waals surface area contributed by atoms with E-state index < -0.39 is 10.7 Å². The zero-order chi connectivity index (χ0) is 11.7. The lowest BCUT2D eigenvalue weighted by Crippen LogP contribution is -1.99. The molecule has 8 heteroatoms. The first-order valence-corrected chi connectivity index (χ1v) is 4.20. The molecule has 0 aliphatic carbocycles. The van der Waals surface area contributed by atoms with Gasteiger partial charge in [-0.1, -0.05) is 5.21 Å². The van der Waals surface area contributed by atoms with Crippen LogP contribution in [-0.2, 0) is 0 Å². The van der Waals surface area contributed by atoms with E-state index in [-0.39, 0.29) is 17.2 Å². The first-order chi connectivity index (χ1) is 7.58. The van der Waals surface area contributed by atoms with Gasteiger partial charge in [0.25, 0.3) is 5.69 Å². The van der Waals surface area contributed by atoms with Gasteiger partial charge in [-0.25, -0.2) is 9.07 Å². The monoisotopic (exact) mass is 223 g/mol. The molecule has 0 radical (unpaired) electrons. The summed E-state index contributed by atoms with van der Waals surface area (Å²) in [7, 11) is 0. The molecule has 0 saturated heterocycles. The van der Waals surface area contributed by atoms with Gasteiger partial charge in [0.05, 0.1) is 17.2 Å². The van der Waals surface area contributed by atoms with E-state index >= 15 is 0 Å². The summed E-state index contributed by atoms with van der Waals surface area (Å²) in [6.07, 6.45) is 1.31. The molecule has 2 N–H and O–H groups in total. The van der Waals surface area contributed by atoms with E-state index in [9.17, 15) is 14.5 Å². The zero-order valence-electron chi connectivity index (χ0n) is 7.87. The Bertz CT molecular complexity index is 553. The number of nitro groups is 1. The molecule has 0 atom stereocenters. The largest absolute Gasteiger partial charge is 0.381 e. The van der Waals surface area contributed by atoms with Crippen molar-refractivity contribution >= 4 is 11.5 Å². The second-order valence-electron chi connectivity index (χ2n) is 2.98. The van der Waals surface area contributed by atoms with Gasteiger partial charge in [-0.2, -0.15) is 0 Å². The topological polar surface area (TPSA) is 99.9 Å². The molecule has 1 aromatic carbocycles. The molecule has 16 heavy (non-hydrogen) atoms. The summed E-state index contributed by atoms with van der Waals surface area (Å²) in [5, 5.41) is 17.4. The van der Waals surface area contributed by atoms with Crippen molar-refractivity contribution in [3.8, 4) is 5.69 Å². The van der Waals surface area contributed by atoms with Crippen molar-refractivity contribution in [2.24, 2.45) is 0 Å². The molecule has 0 saturated carbocycles. The molecule has 0 aliphatic heterocycles. The lowest BCUT2D eigenvalue weighted by molar-refractivity contribution is -0.385. The number of nitrogen functional groups attached to an aromatic ring is 1. The van der Waals surface area contributed by atoms with Crippen LogP contribution in [0.4, 0.5) is 15.9 Å². The highest BCUT2D eigenvalue weighted by molar-refractivity contribution is 5.42. The summed E-state index contributed by atoms with van der Waals surface area (Å²) in [5.74, 6) is -0.628. The van der Waals surface area contributed by atoms with E-state index in [0.717, 1.165) is 10.7 Å². The molecular formula is C8H6FN5O2. The molecule has 0 aliphatic rings. The third-order valence-corrected chi connectivity index (χ3v) is 1.90. The van der Waals surface area contributed by atoms with Gasteiger partial charge in [0.2, 0.25) is 0 Å². The number of nitrogens with zero attached hydrogens (tertiary/aromatic N) is 4. The molecule has 0 spiro atoms. The number of rotatable bonds is 2. The Balaban J connectivity index is 2.47. The molecule has 0 bridgehead atoms. The number of hydrogen-bond donors (Lipinski definition) is 1. The lowest BCUT2D eigenvalue weighted by Gasteiger charge is -2.00. The van der Waals surface area contributed by atoms with Crippen molar-refractivity contribution in [3.05, 3.63) is 40.3 Å². The lowest BCUT2D eigenvalue weighted by atomic mass is 10.2. The summed E-state index contributed by atoms with van der Waals surface area (Å²) in [6, 6.07) is 3.23. The van der Waals surface area contributed by atoms with E-state index in [1.54, 1.807) is 0 Å². The van der Waals surface area contributed by atoms with Crippen LogP contribution < -0.4 is 5.73 Å². The smallest absolute Gasteiger partial charge is 0.272 e. The third-order valence-electron chi connectivity index (χ3n) is 1.90. The maximum Gasteiger partial charge on any atom is 0.272 e. The number of non-ortho nitro benzene ring substituents is 1. The molecular weight excluding hydrogens is 217 g/mol. The molecule has 0 unspecified atom stereocenters. The highest BCUT2D eigenvalue weighted by Gasteiger charge is 2.12. The first kappa shape index (κ1) is 10.0. The quantitative estimate of drug-likeness (QED) is 0.602. The number of nitrogens with two attached hydrogens (primary N) is 1. The molecule has 1 aromatic heterocycles. The standard InChI is InChI=1S/C8H6FN5O2/c9-6-3-5(14(15)16)1-2-7(6)13-4-8(10)11-12-13/h1-4H,10H2. The van der Waals surface area contributed by atoms with Gasteiger partial charge < -0.3 is 5.73 Å². The number of anilines is 1. The fraction of sp³-hybridized carbons (Fsp3) is 0. The fourth-order valence-corrected chi connectivity index (χ4v) is 1.19. The van der Waals surface area contributed by atoms with E-state index in [1.165, 1.54) is 18.3 Å². The van der Waals surface area contributed by atoms with Crippen LogP contribution in [0.2, 0.25) is 0 Å². The first-order valence-electron chi connectivity index (χ1n) is 4.20. The summed E-state index contributed by atoms with van der Waals surface area (Å²) in [5.41, 5.74) is 5.05. The SMILES string of the molecule is Nc1cn(-c2ccc([N+](=O)[O-])cc2F)nn1. The van der Waals surface area contributed by atoms with Gasteiger partial charge in [-0.3, -0.25) is 10.1 Å². The maximum atomic E-state index is 13.5. The van der Waals surface area contributed by atoms with Gasteiger partial charge in [0, 0.05) is 6.07 Å². The Morgan fingerprint density at radius 3 is 2.75 bits per heavy atom. The van der Waals surface area contributed by atoms with Crippen LogP contribution in [0.3, 0.4) is 0 Å². The number of nitro benzene ring substituents is 1.